The van der Waals surface area contributed by atoms with Crippen molar-refractivity contribution in [3.05, 3.63) is 37.9 Å². The molecular weight excluding hydrogens is 293 g/mol. The fourth-order valence-corrected chi connectivity index (χ4v) is 1.68. The number of nitrogens with zero attached hydrogens (tertiary/aromatic N) is 1. The van der Waals surface area contributed by atoms with Gasteiger partial charge in [-0.3, -0.25) is 14.9 Å². The van der Waals surface area contributed by atoms with Gasteiger partial charge in [0.25, 0.3) is 11.6 Å². The molecule has 0 atom stereocenters. The van der Waals surface area contributed by atoms with Gasteiger partial charge in [-0.1, -0.05) is 23.2 Å². The number of benzene rings is 1. The van der Waals surface area contributed by atoms with Crippen molar-refractivity contribution in [3.8, 4) is 0 Å². The van der Waals surface area contributed by atoms with Crippen LogP contribution in [0.3, 0.4) is 0 Å². The average Bonchev–Trinajstić information content (AvgIpc) is 2.31. The Morgan fingerprint density at radius 1 is 1.47 bits per heavy atom. The van der Waals surface area contributed by atoms with E-state index in [1.165, 1.54) is 0 Å². The third-order valence-corrected chi connectivity index (χ3v) is 3.23. The van der Waals surface area contributed by atoms with Gasteiger partial charge in [-0.2, -0.15) is 0 Å². The predicted octanol–water partition coefficient (Wildman–Crippen LogP) is 2.37. The van der Waals surface area contributed by atoms with Crippen LogP contribution in [0, 0.1) is 10.1 Å². The van der Waals surface area contributed by atoms with Gasteiger partial charge < -0.3 is 11.1 Å². The van der Waals surface area contributed by atoms with Crippen molar-refractivity contribution in [1.82, 2.24) is 5.32 Å². The fraction of sp³-hybridized carbons (Fsp3) is 0.364. The molecule has 1 rings (SSSR count). The standard InChI is InChI=1S/C11H13Cl2N3O3/c1-11(2,5-14)15-10(17)7-3-6(16(18)19)4-8(12)9(7)13/h3-4H,5,14H2,1-2H3,(H,15,17). The van der Waals surface area contributed by atoms with E-state index in [9.17, 15) is 14.9 Å². The highest BCUT2D eigenvalue weighted by Gasteiger charge is 2.24. The molecule has 104 valence electrons. The first-order valence-electron chi connectivity index (χ1n) is 5.34. The van der Waals surface area contributed by atoms with Gasteiger partial charge in [0.15, 0.2) is 0 Å². The molecular formula is C11H13Cl2N3O3. The lowest BCUT2D eigenvalue weighted by Gasteiger charge is -2.24. The van der Waals surface area contributed by atoms with E-state index < -0.39 is 16.4 Å². The molecule has 3 N–H and O–H groups in total. The molecule has 0 radical (unpaired) electrons. The Balaban J connectivity index is 3.19. The lowest BCUT2D eigenvalue weighted by Crippen LogP contribution is -2.48. The highest BCUT2D eigenvalue weighted by atomic mass is 35.5. The second-order valence-corrected chi connectivity index (χ2v) is 5.37. The Kier molecular flexibility index (Phi) is 4.73. The van der Waals surface area contributed by atoms with Crippen molar-refractivity contribution in [3.63, 3.8) is 0 Å². The quantitative estimate of drug-likeness (QED) is 0.659. The summed E-state index contributed by atoms with van der Waals surface area (Å²) in [6.07, 6.45) is 0. The highest BCUT2D eigenvalue weighted by Crippen LogP contribution is 2.31. The van der Waals surface area contributed by atoms with Gasteiger partial charge in [-0.05, 0) is 13.8 Å². The van der Waals surface area contributed by atoms with Gasteiger partial charge in [0.05, 0.1) is 20.5 Å². The number of carbonyl (C=O) groups is 1. The highest BCUT2D eigenvalue weighted by molar-refractivity contribution is 6.44. The number of hydrogen-bond acceptors (Lipinski definition) is 4. The number of carbonyl (C=O) groups excluding carboxylic acids is 1. The zero-order valence-electron chi connectivity index (χ0n) is 10.4. The van der Waals surface area contributed by atoms with Crippen LogP contribution in [0.15, 0.2) is 12.1 Å². The van der Waals surface area contributed by atoms with E-state index in [0.29, 0.717) is 0 Å². The molecule has 0 heterocycles. The van der Waals surface area contributed by atoms with E-state index in [4.69, 9.17) is 28.9 Å². The van der Waals surface area contributed by atoms with Crippen LogP contribution in [0.25, 0.3) is 0 Å². The molecule has 1 aromatic rings. The van der Waals surface area contributed by atoms with E-state index in [2.05, 4.69) is 5.32 Å². The Hall–Kier alpha value is -1.37. The van der Waals surface area contributed by atoms with Crippen LogP contribution in [-0.4, -0.2) is 22.9 Å². The number of halogens is 2. The first-order valence-corrected chi connectivity index (χ1v) is 6.09. The van der Waals surface area contributed by atoms with Crippen LogP contribution in [0.4, 0.5) is 5.69 Å². The second kappa shape index (κ2) is 5.73. The maximum Gasteiger partial charge on any atom is 0.271 e. The van der Waals surface area contributed by atoms with Gasteiger partial charge >= 0.3 is 0 Å². The van der Waals surface area contributed by atoms with E-state index in [1.807, 2.05) is 0 Å². The van der Waals surface area contributed by atoms with E-state index in [-0.39, 0.29) is 27.8 Å². The van der Waals surface area contributed by atoms with Crippen LogP contribution in [0.2, 0.25) is 10.0 Å². The summed E-state index contributed by atoms with van der Waals surface area (Å²) in [5.41, 5.74) is 4.49. The van der Waals surface area contributed by atoms with Gasteiger partial charge in [0.2, 0.25) is 0 Å². The van der Waals surface area contributed by atoms with Crippen molar-refractivity contribution in [2.45, 2.75) is 19.4 Å². The molecule has 0 unspecified atom stereocenters. The zero-order valence-corrected chi connectivity index (χ0v) is 11.9. The summed E-state index contributed by atoms with van der Waals surface area (Å²) in [6.45, 7) is 3.65. The number of nitrogens with one attached hydrogen (secondary N) is 1. The number of nitro benzene ring substituents is 1. The molecule has 0 saturated heterocycles. The van der Waals surface area contributed by atoms with Crippen molar-refractivity contribution in [1.29, 1.82) is 0 Å². The first kappa shape index (κ1) is 15.7. The molecule has 1 amide bonds. The van der Waals surface area contributed by atoms with E-state index >= 15 is 0 Å². The molecule has 0 fully saturated rings. The SMILES string of the molecule is CC(C)(CN)NC(=O)c1cc([N+](=O)[O-])cc(Cl)c1Cl. The number of non-ortho nitro benzene ring substituents is 1. The Bertz CT molecular complexity index is 532. The van der Waals surface area contributed by atoms with Crippen molar-refractivity contribution in [2.24, 2.45) is 5.73 Å². The van der Waals surface area contributed by atoms with Crippen molar-refractivity contribution >= 4 is 34.8 Å². The fourth-order valence-electron chi connectivity index (χ4n) is 1.27. The maximum atomic E-state index is 12.0. The molecule has 0 saturated carbocycles. The lowest BCUT2D eigenvalue weighted by atomic mass is 10.0. The molecule has 0 aliphatic heterocycles. The average molecular weight is 306 g/mol. The topological polar surface area (TPSA) is 98.3 Å². The molecule has 0 aliphatic carbocycles. The number of nitrogens with two attached hydrogens (primary N) is 1. The third-order valence-electron chi connectivity index (χ3n) is 2.43. The minimum absolute atomic E-state index is 0.0300. The van der Waals surface area contributed by atoms with Gasteiger partial charge in [-0.25, -0.2) is 0 Å². The predicted molar refractivity (Wildman–Crippen MR) is 73.7 cm³/mol. The number of nitro groups is 1. The smallest absolute Gasteiger partial charge is 0.271 e. The summed E-state index contributed by atoms with van der Waals surface area (Å²) in [5, 5.41) is 13.3. The largest absolute Gasteiger partial charge is 0.346 e. The van der Waals surface area contributed by atoms with Gasteiger partial charge in [0.1, 0.15) is 0 Å². The number of rotatable bonds is 4. The molecule has 8 heteroatoms. The minimum Gasteiger partial charge on any atom is -0.346 e. The van der Waals surface area contributed by atoms with Crippen LogP contribution in [-0.2, 0) is 0 Å². The van der Waals surface area contributed by atoms with E-state index in [1.54, 1.807) is 13.8 Å². The first-order chi connectivity index (χ1) is 8.68. The molecule has 6 nitrogen and oxygen atoms in total. The maximum absolute atomic E-state index is 12.0. The summed E-state index contributed by atoms with van der Waals surface area (Å²) in [5.74, 6) is -0.564. The van der Waals surface area contributed by atoms with Crippen LogP contribution >= 0.6 is 23.2 Å². The monoisotopic (exact) mass is 305 g/mol. The Morgan fingerprint density at radius 3 is 2.53 bits per heavy atom. The number of amides is 1. The summed E-state index contributed by atoms with van der Waals surface area (Å²) in [6, 6.07) is 2.17. The van der Waals surface area contributed by atoms with Crippen LogP contribution in [0.1, 0.15) is 24.2 Å². The molecule has 0 aliphatic rings. The van der Waals surface area contributed by atoms with Crippen LogP contribution < -0.4 is 11.1 Å². The Morgan fingerprint density at radius 2 is 2.05 bits per heavy atom. The van der Waals surface area contributed by atoms with Crippen molar-refractivity contribution in [2.75, 3.05) is 6.54 Å². The summed E-state index contributed by atoms with van der Waals surface area (Å²) in [4.78, 5) is 22.1. The van der Waals surface area contributed by atoms with Crippen molar-refractivity contribution < 1.29 is 9.72 Å². The molecule has 1 aromatic carbocycles. The minimum atomic E-state index is -0.655. The Labute approximate surface area is 120 Å². The second-order valence-electron chi connectivity index (χ2n) is 4.59. The molecule has 0 aromatic heterocycles. The van der Waals surface area contributed by atoms with Gasteiger partial charge in [0, 0.05) is 24.2 Å². The lowest BCUT2D eigenvalue weighted by molar-refractivity contribution is -0.384. The molecule has 19 heavy (non-hydrogen) atoms. The normalized spacial score (nSPS) is 11.2. The number of hydrogen-bond donors (Lipinski definition) is 2. The van der Waals surface area contributed by atoms with E-state index in [0.717, 1.165) is 12.1 Å². The molecule has 0 bridgehead atoms. The van der Waals surface area contributed by atoms with Crippen LogP contribution in [0.5, 0.6) is 0 Å². The summed E-state index contributed by atoms with van der Waals surface area (Å²) >= 11 is 11.7. The van der Waals surface area contributed by atoms with Gasteiger partial charge in [-0.15, -0.1) is 0 Å². The summed E-state index contributed by atoms with van der Waals surface area (Å²) < 4.78 is 0. The summed E-state index contributed by atoms with van der Waals surface area (Å²) in [7, 11) is 0. The zero-order chi connectivity index (χ0) is 14.8. The third kappa shape index (κ3) is 3.79. The molecule has 0 spiro atoms.